The highest BCUT2D eigenvalue weighted by Crippen LogP contribution is 2.35. The number of piperidine rings is 1. The number of carbonyl (C=O) groups excluding carboxylic acids is 1. The van der Waals surface area contributed by atoms with E-state index in [1.807, 2.05) is 20.8 Å². The Hall–Kier alpha value is -1.52. The molecule has 0 bridgehead atoms. The van der Waals surface area contributed by atoms with Crippen molar-refractivity contribution in [3.63, 3.8) is 0 Å². The number of nitrogens with zero attached hydrogens (tertiary/aromatic N) is 2. The largest absolute Gasteiger partial charge is 0.448 e. The first-order chi connectivity index (χ1) is 8.80. The Morgan fingerprint density at radius 2 is 2.05 bits per heavy atom. The topological polar surface area (TPSA) is 55.6 Å². The molecule has 1 aromatic heterocycles. The zero-order chi connectivity index (χ0) is 14.1. The standard InChI is InChI=1S/C14H22N2O3/c1-13(2,3)19-12(17)16-7-5-14(4,6-8-16)11-9-15-10-18-11/h9-10H,5-8H2,1-4H3. The fourth-order valence-corrected chi connectivity index (χ4v) is 2.27. The van der Waals surface area contributed by atoms with Crippen molar-refractivity contribution in [1.29, 1.82) is 0 Å². The van der Waals surface area contributed by atoms with Crippen LogP contribution in [0.2, 0.25) is 0 Å². The van der Waals surface area contributed by atoms with Crippen molar-refractivity contribution in [2.24, 2.45) is 0 Å². The van der Waals surface area contributed by atoms with E-state index in [0.717, 1.165) is 18.6 Å². The molecule has 2 heterocycles. The Morgan fingerprint density at radius 1 is 1.42 bits per heavy atom. The number of carbonyl (C=O) groups is 1. The van der Waals surface area contributed by atoms with Gasteiger partial charge in [-0.15, -0.1) is 0 Å². The summed E-state index contributed by atoms with van der Waals surface area (Å²) in [6.07, 6.45) is 4.72. The third-order valence-electron chi connectivity index (χ3n) is 3.55. The fourth-order valence-electron chi connectivity index (χ4n) is 2.27. The van der Waals surface area contributed by atoms with Crippen molar-refractivity contribution >= 4 is 6.09 Å². The molecular formula is C14H22N2O3. The van der Waals surface area contributed by atoms with E-state index in [1.165, 1.54) is 6.39 Å². The summed E-state index contributed by atoms with van der Waals surface area (Å²) < 4.78 is 10.8. The minimum Gasteiger partial charge on any atom is -0.448 e. The van der Waals surface area contributed by atoms with Crippen LogP contribution in [0.1, 0.15) is 46.3 Å². The summed E-state index contributed by atoms with van der Waals surface area (Å²) in [6.45, 7) is 9.17. The van der Waals surface area contributed by atoms with E-state index in [2.05, 4.69) is 11.9 Å². The Kier molecular flexibility index (Phi) is 3.56. The second kappa shape index (κ2) is 4.87. The summed E-state index contributed by atoms with van der Waals surface area (Å²) in [7, 11) is 0. The Balaban J connectivity index is 1.94. The minimum atomic E-state index is -0.442. The molecule has 0 saturated carbocycles. The lowest BCUT2D eigenvalue weighted by atomic mass is 9.78. The first-order valence-corrected chi connectivity index (χ1v) is 6.67. The van der Waals surface area contributed by atoms with E-state index in [-0.39, 0.29) is 11.5 Å². The first kappa shape index (κ1) is 13.9. The number of hydrogen-bond donors (Lipinski definition) is 0. The maximum Gasteiger partial charge on any atom is 0.410 e. The van der Waals surface area contributed by atoms with Gasteiger partial charge in [0.05, 0.1) is 6.20 Å². The molecule has 0 N–H and O–H groups in total. The molecule has 0 spiro atoms. The van der Waals surface area contributed by atoms with Crippen LogP contribution in [-0.2, 0) is 10.2 Å². The summed E-state index contributed by atoms with van der Waals surface area (Å²) in [5.74, 6) is 0.899. The van der Waals surface area contributed by atoms with Gasteiger partial charge in [0.1, 0.15) is 11.4 Å². The molecule has 0 unspecified atom stereocenters. The van der Waals surface area contributed by atoms with E-state index in [4.69, 9.17) is 9.15 Å². The van der Waals surface area contributed by atoms with E-state index in [1.54, 1.807) is 11.1 Å². The lowest BCUT2D eigenvalue weighted by Gasteiger charge is -2.38. The molecule has 0 atom stereocenters. The number of rotatable bonds is 1. The maximum atomic E-state index is 12.0. The fraction of sp³-hybridized carbons (Fsp3) is 0.714. The molecule has 2 rings (SSSR count). The van der Waals surface area contributed by atoms with Crippen LogP contribution in [0.25, 0.3) is 0 Å². The lowest BCUT2D eigenvalue weighted by Crippen LogP contribution is -2.45. The van der Waals surface area contributed by atoms with E-state index in [9.17, 15) is 4.79 Å². The highest BCUT2D eigenvalue weighted by atomic mass is 16.6. The summed E-state index contributed by atoms with van der Waals surface area (Å²) in [5, 5.41) is 0. The van der Waals surface area contributed by atoms with Crippen LogP contribution < -0.4 is 0 Å². The molecule has 5 heteroatoms. The summed E-state index contributed by atoms with van der Waals surface area (Å²) in [4.78, 5) is 17.7. The van der Waals surface area contributed by atoms with Crippen molar-refractivity contribution in [2.75, 3.05) is 13.1 Å². The zero-order valence-corrected chi connectivity index (χ0v) is 12.1. The second-order valence-electron chi connectivity index (χ2n) is 6.39. The Bertz CT molecular complexity index is 426. The van der Waals surface area contributed by atoms with Gasteiger partial charge in [0, 0.05) is 18.5 Å². The molecule has 1 aliphatic heterocycles. The molecule has 106 valence electrons. The van der Waals surface area contributed by atoms with E-state index in [0.29, 0.717) is 13.1 Å². The Morgan fingerprint density at radius 3 is 2.53 bits per heavy atom. The van der Waals surface area contributed by atoms with Gasteiger partial charge in [-0.05, 0) is 33.6 Å². The van der Waals surface area contributed by atoms with Gasteiger partial charge in [0.15, 0.2) is 6.39 Å². The number of hydrogen-bond acceptors (Lipinski definition) is 4. The van der Waals surface area contributed by atoms with E-state index >= 15 is 0 Å². The van der Waals surface area contributed by atoms with Crippen LogP contribution in [-0.4, -0.2) is 34.7 Å². The molecule has 1 aliphatic rings. The number of aromatic nitrogens is 1. The molecule has 5 nitrogen and oxygen atoms in total. The molecule has 19 heavy (non-hydrogen) atoms. The van der Waals surface area contributed by atoms with Crippen molar-refractivity contribution in [3.05, 3.63) is 18.4 Å². The van der Waals surface area contributed by atoms with Crippen molar-refractivity contribution in [3.8, 4) is 0 Å². The summed E-state index contributed by atoms with van der Waals surface area (Å²) in [5.41, 5.74) is -0.474. The third-order valence-corrected chi connectivity index (χ3v) is 3.55. The van der Waals surface area contributed by atoms with Gasteiger partial charge in [-0.25, -0.2) is 9.78 Å². The second-order valence-corrected chi connectivity index (χ2v) is 6.39. The minimum absolute atomic E-state index is 0.0327. The zero-order valence-electron chi connectivity index (χ0n) is 12.1. The van der Waals surface area contributed by atoms with Gasteiger partial charge < -0.3 is 14.1 Å². The predicted molar refractivity (Wildman–Crippen MR) is 70.9 cm³/mol. The molecule has 0 aromatic carbocycles. The molecule has 0 radical (unpaired) electrons. The van der Waals surface area contributed by atoms with Crippen LogP contribution in [0.5, 0.6) is 0 Å². The molecule has 1 fully saturated rings. The number of likely N-dealkylation sites (tertiary alicyclic amines) is 1. The van der Waals surface area contributed by atoms with E-state index < -0.39 is 5.60 Å². The van der Waals surface area contributed by atoms with Gasteiger partial charge in [0.2, 0.25) is 0 Å². The van der Waals surface area contributed by atoms with Gasteiger partial charge in [-0.1, -0.05) is 6.92 Å². The van der Waals surface area contributed by atoms with Gasteiger partial charge >= 0.3 is 6.09 Å². The molecular weight excluding hydrogens is 244 g/mol. The summed E-state index contributed by atoms with van der Waals surface area (Å²) >= 11 is 0. The highest BCUT2D eigenvalue weighted by Gasteiger charge is 2.36. The van der Waals surface area contributed by atoms with Gasteiger partial charge in [-0.2, -0.15) is 0 Å². The normalized spacial score (nSPS) is 19.3. The number of amides is 1. The molecule has 1 saturated heterocycles. The molecule has 1 aromatic rings. The first-order valence-electron chi connectivity index (χ1n) is 6.67. The van der Waals surface area contributed by atoms with Crippen molar-refractivity contribution in [1.82, 2.24) is 9.88 Å². The number of oxazole rings is 1. The third kappa shape index (κ3) is 3.28. The van der Waals surface area contributed by atoms with Crippen LogP contribution in [0, 0.1) is 0 Å². The molecule has 1 amide bonds. The maximum absolute atomic E-state index is 12.0. The van der Waals surface area contributed by atoms with Crippen LogP contribution >= 0.6 is 0 Å². The average Bonchev–Trinajstić information content (AvgIpc) is 2.81. The SMILES string of the molecule is CC(C)(C)OC(=O)N1CCC(C)(c2cnco2)CC1. The molecule has 0 aliphatic carbocycles. The van der Waals surface area contributed by atoms with Crippen molar-refractivity contribution in [2.45, 2.75) is 51.6 Å². The van der Waals surface area contributed by atoms with Crippen molar-refractivity contribution < 1.29 is 13.9 Å². The Labute approximate surface area is 113 Å². The smallest absolute Gasteiger partial charge is 0.410 e. The quantitative estimate of drug-likeness (QED) is 0.784. The average molecular weight is 266 g/mol. The van der Waals surface area contributed by atoms with Gasteiger partial charge in [-0.3, -0.25) is 0 Å². The number of ether oxygens (including phenoxy) is 1. The van der Waals surface area contributed by atoms with Crippen LogP contribution in [0.4, 0.5) is 4.79 Å². The highest BCUT2D eigenvalue weighted by molar-refractivity contribution is 5.68. The summed E-state index contributed by atoms with van der Waals surface area (Å²) in [6, 6.07) is 0. The monoisotopic (exact) mass is 266 g/mol. The van der Waals surface area contributed by atoms with Crippen LogP contribution in [0.15, 0.2) is 17.0 Å². The van der Waals surface area contributed by atoms with Crippen LogP contribution in [0.3, 0.4) is 0 Å². The van der Waals surface area contributed by atoms with Gasteiger partial charge in [0.25, 0.3) is 0 Å². The lowest BCUT2D eigenvalue weighted by molar-refractivity contribution is 0.0162. The predicted octanol–water partition coefficient (Wildman–Crippen LogP) is 2.96.